The third kappa shape index (κ3) is 3.95. The van der Waals surface area contributed by atoms with Crippen LogP contribution >= 0.6 is 15.9 Å². The fourth-order valence-electron chi connectivity index (χ4n) is 2.36. The summed E-state index contributed by atoms with van der Waals surface area (Å²) in [5.74, 6) is -0.0404. The molecule has 0 aromatic heterocycles. The summed E-state index contributed by atoms with van der Waals surface area (Å²) in [4.78, 5) is 14.2. The van der Waals surface area contributed by atoms with Crippen molar-refractivity contribution in [3.8, 4) is 5.75 Å². The van der Waals surface area contributed by atoms with Gasteiger partial charge in [-0.15, -0.1) is 0 Å². The monoisotopic (exact) mass is 343 g/mol. The highest BCUT2D eigenvalue weighted by atomic mass is 79.9. The Morgan fingerprint density at radius 3 is 2.60 bits per heavy atom. The van der Waals surface area contributed by atoms with E-state index in [9.17, 15) is 9.18 Å². The molecular formula is C15H19BrFNO2. The Bertz CT molecular complexity index is 473. The fraction of sp³-hybridized carbons (Fsp3) is 0.533. The Morgan fingerprint density at radius 1 is 1.30 bits per heavy atom. The molecule has 1 atom stereocenters. The molecule has 1 fully saturated rings. The molecular weight excluding hydrogens is 325 g/mol. The van der Waals surface area contributed by atoms with Crippen LogP contribution in [0.15, 0.2) is 22.7 Å². The molecule has 1 aromatic carbocycles. The number of halogens is 2. The van der Waals surface area contributed by atoms with E-state index in [0.717, 1.165) is 25.9 Å². The van der Waals surface area contributed by atoms with Crippen molar-refractivity contribution in [2.75, 3.05) is 13.1 Å². The SMILES string of the molecule is CC(Oc1cc(F)ccc1Br)C(=O)N1CCCCCC1. The number of benzene rings is 1. The zero-order valence-electron chi connectivity index (χ0n) is 11.6. The van der Waals surface area contributed by atoms with Gasteiger partial charge in [-0.3, -0.25) is 4.79 Å². The number of carbonyl (C=O) groups is 1. The second kappa shape index (κ2) is 7.07. The molecule has 2 rings (SSSR count). The summed E-state index contributed by atoms with van der Waals surface area (Å²) in [6.07, 6.45) is 3.83. The molecule has 1 aliphatic heterocycles. The molecule has 0 saturated carbocycles. The van der Waals surface area contributed by atoms with Crippen LogP contribution in [-0.4, -0.2) is 30.0 Å². The van der Waals surface area contributed by atoms with Crippen molar-refractivity contribution < 1.29 is 13.9 Å². The number of likely N-dealkylation sites (tertiary alicyclic amines) is 1. The van der Waals surface area contributed by atoms with E-state index in [-0.39, 0.29) is 11.7 Å². The van der Waals surface area contributed by atoms with Crippen LogP contribution in [0, 0.1) is 5.82 Å². The van der Waals surface area contributed by atoms with Gasteiger partial charge in [-0.25, -0.2) is 4.39 Å². The maximum Gasteiger partial charge on any atom is 0.263 e. The largest absolute Gasteiger partial charge is 0.480 e. The van der Waals surface area contributed by atoms with E-state index in [1.165, 1.54) is 25.0 Å². The van der Waals surface area contributed by atoms with Crippen LogP contribution in [0.5, 0.6) is 5.75 Å². The standard InChI is InChI=1S/C15H19BrFNO2/c1-11(15(19)18-8-4-2-3-5-9-18)20-14-10-12(17)6-7-13(14)16/h6-7,10-11H,2-5,8-9H2,1H3. The van der Waals surface area contributed by atoms with Crippen molar-refractivity contribution in [1.82, 2.24) is 4.90 Å². The molecule has 1 unspecified atom stereocenters. The normalized spacial score (nSPS) is 17.4. The van der Waals surface area contributed by atoms with Gasteiger partial charge < -0.3 is 9.64 Å². The van der Waals surface area contributed by atoms with E-state index >= 15 is 0 Å². The van der Waals surface area contributed by atoms with Crippen molar-refractivity contribution in [3.63, 3.8) is 0 Å². The first-order valence-electron chi connectivity index (χ1n) is 6.98. The number of amides is 1. The number of ether oxygens (including phenoxy) is 1. The summed E-state index contributed by atoms with van der Waals surface area (Å²) in [5.41, 5.74) is 0. The van der Waals surface area contributed by atoms with Gasteiger partial charge in [0.25, 0.3) is 5.91 Å². The topological polar surface area (TPSA) is 29.5 Å². The number of nitrogens with zero attached hydrogens (tertiary/aromatic N) is 1. The lowest BCUT2D eigenvalue weighted by molar-refractivity contribution is -0.137. The van der Waals surface area contributed by atoms with Gasteiger partial charge in [-0.1, -0.05) is 12.8 Å². The molecule has 110 valence electrons. The van der Waals surface area contributed by atoms with E-state index in [0.29, 0.717) is 10.2 Å². The van der Waals surface area contributed by atoms with Crippen LogP contribution in [0.3, 0.4) is 0 Å². The minimum atomic E-state index is -0.605. The lowest BCUT2D eigenvalue weighted by Gasteiger charge is -2.24. The van der Waals surface area contributed by atoms with Gasteiger partial charge in [0.15, 0.2) is 6.10 Å². The summed E-state index contributed by atoms with van der Waals surface area (Å²) in [6.45, 7) is 3.29. The predicted molar refractivity (Wildman–Crippen MR) is 79.2 cm³/mol. The Morgan fingerprint density at radius 2 is 1.95 bits per heavy atom. The van der Waals surface area contributed by atoms with Crippen molar-refractivity contribution in [1.29, 1.82) is 0 Å². The Balaban J connectivity index is 2.01. The number of hydrogen-bond donors (Lipinski definition) is 0. The zero-order chi connectivity index (χ0) is 14.5. The first-order chi connectivity index (χ1) is 9.58. The average Bonchev–Trinajstić information content (AvgIpc) is 2.71. The van der Waals surface area contributed by atoms with E-state index in [2.05, 4.69) is 15.9 Å². The van der Waals surface area contributed by atoms with Crippen LogP contribution in [-0.2, 0) is 4.79 Å². The van der Waals surface area contributed by atoms with Gasteiger partial charge >= 0.3 is 0 Å². The van der Waals surface area contributed by atoms with Crippen molar-refractivity contribution in [3.05, 3.63) is 28.5 Å². The van der Waals surface area contributed by atoms with Gasteiger partial charge in [0, 0.05) is 19.2 Å². The molecule has 3 nitrogen and oxygen atoms in total. The molecule has 0 bridgehead atoms. The fourth-order valence-corrected chi connectivity index (χ4v) is 2.70. The molecule has 20 heavy (non-hydrogen) atoms. The van der Waals surface area contributed by atoms with Crippen LogP contribution in [0.25, 0.3) is 0 Å². The van der Waals surface area contributed by atoms with Gasteiger partial charge in [0.2, 0.25) is 0 Å². The van der Waals surface area contributed by atoms with Crippen molar-refractivity contribution in [2.45, 2.75) is 38.7 Å². The van der Waals surface area contributed by atoms with Crippen molar-refractivity contribution in [2.24, 2.45) is 0 Å². The molecule has 1 aliphatic rings. The third-order valence-electron chi connectivity index (χ3n) is 3.46. The average molecular weight is 344 g/mol. The maximum atomic E-state index is 13.2. The maximum absolute atomic E-state index is 13.2. The smallest absolute Gasteiger partial charge is 0.263 e. The molecule has 1 aromatic rings. The van der Waals surface area contributed by atoms with Gasteiger partial charge in [-0.2, -0.15) is 0 Å². The van der Waals surface area contributed by atoms with Crippen LogP contribution in [0.1, 0.15) is 32.6 Å². The molecule has 0 spiro atoms. The Labute approximate surface area is 127 Å². The number of carbonyl (C=O) groups excluding carboxylic acids is 1. The van der Waals surface area contributed by atoms with E-state index in [4.69, 9.17) is 4.74 Å². The molecule has 1 heterocycles. The summed E-state index contributed by atoms with van der Waals surface area (Å²) in [6, 6.07) is 4.21. The van der Waals surface area contributed by atoms with Gasteiger partial charge in [-0.05, 0) is 47.8 Å². The quantitative estimate of drug-likeness (QED) is 0.836. The summed E-state index contributed by atoms with van der Waals surface area (Å²) in [7, 11) is 0. The lowest BCUT2D eigenvalue weighted by atomic mass is 10.2. The first-order valence-corrected chi connectivity index (χ1v) is 7.78. The van der Waals surface area contributed by atoms with Gasteiger partial charge in [0.1, 0.15) is 11.6 Å². The highest BCUT2D eigenvalue weighted by molar-refractivity contribution is 9.10. The van der Waals surface area contributed by atoms with Gasteiger partial charge in [0.05, 0.1) is 4.47 Å². The van der Waals surface area contributed by atoms with Crippen LogP contribution in [0.2, 0.25) is 0 Å². The molecule has 1 saturated heterocycles. The van der Waals surface area contributed by atoms with Crippen LogP contribution < -0.4 is 4.74 Å². The third-order valence-corrected chi connectivity index (χ3v) is 4.12. The van der Waals surface area contributed by atoms with Crippen molar-refractivity contribution >= 4 is 21.8 Å². The molecule has 1 amide bonds. The number of rotatable bonds is 3. The second-order valence-electron chi connectivity index (χ2n) is 5.07. The number of hydrogen-bond acceptors (Lipinski definition) is 2. The summed E-state index contributed by atoms with van der Waals surface area (Å²) in [5, 5.41) is 0. The molecule has 0 N–H and O–H groups in total. The summed E-state index contributed by atoms with van der Waals surface area (Å²) < 4.78 is 19.5. The molecule has 0 aliphatic carbocycles. The lowest BCUT2D eigenvalue weighted by Crippen LogP contribution is -2.41. The van der Waals surface area contributed by atoms with Crippen LogP contribution in [0.4, 0.5) is 4.39 Å². The molecule has 0 radical (unpaired) electrons. The first kappa shape index (κ1) is 15.3. The summed E-state index contributed by atoms with van der Waals surface area (Å²) >= 11 is 3.30. The minimum Gasteiger partial charge on any atom is -0.480 e. The van der Waals surface area contributed by atoms with E-state index in [1.807, 2.05) is 4.90 Å². The highest BCUT2D eigenvalue weighted by Gasteiger charge is 2.23. The van der Waals surface area contributed by atoms with E-state index in [1.54, 1.807) is 13.0 Å². The Kier molecular flexibility index (Phi) is 5.40. The second-order valence-corrected chi connectivity index (χ2v) is 5.93. The molecule has 5 heteroatoms. The van der Waals surface area contributed by atoms with E-state index < -0.39 is 6.10 Å². The highest BCUT2D eigenvalue weighted by Crippen LogP contribution is 2.27. The zero-order valence-corrected chi connectivity index (χ0v) is 13.2. The minimum absolute atomic E-state index is 0.0249. The Hall–Kier alpha value is -1.10. The predicted octanol–water partition coefficient (Wildman–Crippen LogP) is 3.76.